The Bertz CT molecular complexity index is 6030. The first-order valence-corrected chi connectivity index (χ1v) is 39.7. The number of fused-ring (bicyclic) bond motifs is 4. The lowest BCUT2D eigenvalue weighted by atomic mass is 10.0. The molecule has 0 spiro atoms. The van der Waals surface area contributed by atoms with Gasteiger partial charge in [-0.3, -0.25) is 58.9 Å². The summed E-state index contributed by atoms with van der Waals surface area (Å²) in [5.41, 5.74) is 15.5. The summed E-state index contributed by atoms with van der Waals surface area (Å²) in [5, 5.41) is 26.2. The van der Waals surface area contributed by atoms with Gasteiger partial charge in [-0.25, -0.2) is 4.21 Å². The lowest BCUT2D eigenvalue weighted by Crippen LogP contribution is -2.19. The molecule has 6 aromatic heterocycles. The molecule has 0 bridgehead atoms. The van der Waals surface area contributed by atoms with Crippen molar-refractivity contribution >= 4 is 127 Å². The van der Waals surface area contributed by atoms with Gasteiger partial charge in [-0.1, -0.05) is 128 Å². The van der Waals surface area contributed by atoms with E-state index in [9.17, 15) is 23.4 Å². The van der Waals surface area contributed by atoms with E-state index in [1.807, 2.05) is 206 Å². The van der Waals surface area contributed by atoms with Crippen molar-refractivity contribution in [1.82, 2.24) is 61.2 Å². The van der Waals surface area contributed by atoms with Gasteiger partial charge in [0.2, 0.25) is 0 Å². The molecule has 0 aliphatic carbocycles. The van der Waals surface area contributed by atoms with E-state index in [2.05, 4.69) is 105 Å². The summed E-state index contributed by atoms with van der Waals surface area (Å²) in [4.78, 5) is 83.4. The maximum atomic E-state index is 13.2. The van der Waals surface area contributed by atoms with Gasteiger partial charge in [0.1, 0.15) is 6.04 Å². The molecule has 4 amide bonds. The van der Waals surface area contributed by atoms with E-state index in [0.717, 1.165) is 113 Å². The molecule has 114 heavy (non-hydrogen) atoms. The van der Waals surface area contributed by atoms with Crippen molar-refractivity contribution in [2.45, 2.75) is 72.1 Å². The largest absolute Gasteiger partial charge is 0.355 e. The Hall–Kier alpha value is -13.1. The standard InChI is InChI=1S/C44H36N8O2S2.C23H19N3O2S.C23H19N3OS.CH4/c1-45-43(53)34-13-3-5-15-40(34)55-30-19-21-33-37(26-30)49-50-42(33)39(25-29-12-8-10-24-48-29)52-38-27-31(56-41-16-6-4-14-35(41)44(54)46-2)18-20-32(38)36(51-52)22-17-28-11-7-9-23-47-28;1-24-23(27)20-7-2-3-8-22(20)29(28)18-10-11-19-16(14-18)15-26-21(19)12-9-17-6-4-5-13-25-17;1-24-23(27)20-7-2-3-8-22(20)28-18-10-11-19-16(14-18)15-26-21(19)12-9-17-6-4-5-13-25-17;/h3-24,26-27,39H,25H2,1-2H3,(H,45,53)(H,46,54)(H,49,50);2-14H,15H2,1H3,(H,24,27);2-14H,15H2,1H3,(H,24,27);1H4/b22-17-;12-9+;12-9-;. The molecule has 8 aromatic carbocycles. The van der Waals surface area contributed by atoms with Gasteiger partial charge in [0.15, 0.2) is 0 Å². The zero-order valence-electron chi connectivity index (χ0n) is 61.8. The Labute approximate surface area is 675 Å². The summed E-state index contributed by atoms with van der Waals surface area (Å²) in [5.74, 6) is -0.596. The molecule has 5 N–H and O–H groups in total. The van der Waals surface area contributed by atoms with Gasteiger partial charge in [-0.2, -0.15) is 10.2 Å². The van der Waals surface area contributed by atoms with E-state index < -0.39 is 10.8 Å². The Balaban J connectivity index is 0.000000164. The van der Waals surface area contributed by atoms with Crippen LogP contribution in [0.4, 0.5) is 0 Å². The average Bonchev–Trinajstić information content (AvgIpc) is 1.60. The minimum absolute atomic E-state index is 0. The highest BCUT2D eigenvalue weighted by Crippen LogP contribution is 2.40. The quantitative estimate of drug-likeness (QED) is 0.0423. The Morgan fingerprint density at radius 1 is 0.456 bits per heavy atom. The van der Waals surface area contributed by atoms with Crippen LogP contribution in [0.5, 0.6) is 0 Å². The van der Waals surface area contributed by atoms with E-state index >= 15 is 0 Å². The Morgan fingerprint density at radius 3 is 1.41 bits per heavy atom. The highest BCUT2D eigenvalue weighted by atomic mass is 32.2. The molecule has 16 rings (SSSR count). The molecule has 2 aliphatic heterocycles. The molecule has 19 nitrogen and oxygen atoms in total. The molecule has 14 aromatic rings. The van der Waals surface area contributed by atoms with Crippen LogP contribution in [0.25, 0.3) is 46.1 Å². The summed E-state index contributed by atoms with van der Waals surface area (Å²) in [6.07, 6.45) is 19.5. The van der Waals surface area contributed by atoms with Crippen LogP contribution < -0.4 is 21.3 Å². The second-order valence-electron chi connectivity index (χ2n) is 25.5. The smallest absolute Gasteiger partial charge is 0.252 e. The molecule has 0 saturated carbocycles. The van der Waals surface area contributed by atoms with Gasteiger partial charge >= 0.3 is 0 Å². The fourth-order valence-corrected chi connectivity index (χ4v) is 17.0. The number of hydrogen-bond acceptors (Lipinski definition) is 16. The van der Waals surface area contributed by atoms with Crippen molar-refractivity contribution in [3.8, 4) is 0 Å². The Morgan fingerprint density at radius 2 is 0.895 bits per heavy atom. The van der Waals surface area contributed by atoms with Crippen molar-refractivity contribution < 1.29 is 23.4 Å². The zero-order chi connectivity index (χ0) is 78.0. The van der Waals surface area contributed by atoms with Gasteiger partial charge in [-0.05, 0) is 205 Å². The lowest BCUT2D eigenvalue weighted by molar-refractivity contribution is 0.0952. The number of pyridine rings is 4. The predicted molar refractivity (Wildman–Crippen MR) is 458 cm³/mol. The number of nitrogens with zero attached hydrogens (tertiary/aromatic N) is 9. The molecule has 8 heterocycles. The number of carbonyl (C=O) groups excluding carboxylic acids is 4. The molecule has 23 heteroatoms. The summed E-state index contributed by atoms with van der Waals surface area (Å²) >= 11 is 4.65. The number of benzene rings is 8. The predicted octanol–water partition coefficient (Wildman–Crippen LogP) is 17.6. The normalized spacial score (nSPS) is 12.5. The number of hydrogen-bond donors (Lipinski definition) is 5. The van der Waals surface area contributed by atoms with Crippen LogP contribution in [0.15, 0.2) is 329 Å². The first kappa shape index (κ1) is 79.0. The fourth-order valence-electron chi connectivity index (χ4n) is 12.8. The van der Waals surface area contributed by atoms with Crippen LogP contribution in [0, 0.1) is 0 Å². The zero-order valence-corrected chi connectivity index (χ0v) is 65.0. The average molecular weight is 1580 g/mol. The third kappa shape index (κ3) is 18.8. The summed E-state index contributed by atoms with van der Waals surface area (Å²) in [7, 11) is 5.03. The van der Waals surface area contributed by atoms with Crippen LogP contribution in [0.1, 0.15) is 111 Å². The number of aromatic amines is 1. The van der Waals surface area contributed by atoms with Gasteiger partial charge in [-0.15, -0.1) is 0 Å². The third-order valence-electron chi connectivity index (χ3n) is 18.4. The van der Waals surface area contributed by atoms with Crippen LogP contribution in [0.3, 0.4) is 0 Å². The van der Waals surface area contributed by atoms with Gasteiger partial charge < -0.3 is 21.3 Å². The summed E-state index contributed by atoms with van der Waals surface area (Å²) in [6, 6.07) is 77.3. The number of amides is 4. The van der Waals surface area contributed by atoms with Crippen molar-refractivity contribution in [2.75, 3.05) is 28.2 Å². The van der Waals surface area contributed by atoms with E-state index in [-0.39, 0.29) is 37.1 Å². The molecule has 2 atom stereocenters. The maximum Gasteiger partial charge on any atom is 0.252 e. The molecule has 0 radical (unpaired) electrons. The molecule has 2 unspecified atom stereocenters. The van der Waals surface area contributed by atoms with Gasteiger partial charge in [0, 0.05) is 121 Å². The number of carbonyl (C=O) groups is 4. The number of aromatic nitrogens is 8. The van der Waals surface area contributed by atoms with Crippen LogP contribution in [-0.4, -0.2) is 107 Å². The second kappa shape index (κ2) is 37.8. The third-order valence-corrected chi connectivity index (χ3v) is 23.0. The first-order chi connectivity index (χ1) is 55.4. The number of allylic oxidation sites excluding steroid dienone is 2. The van der Waals surface area contributed by atoms with Crippen molar-refractivity contribution in [2.24, 2.45) is 9.98 Å². The van der Waals surface area contributed by atoms with Crippen molar-refractivity contribution in [1.29, 1.82) is 0 Å². The summed E-state index contributed by atoms with van der Waals surface area (Å²) < 4.78 is 15.2. The van der Waals surface area contributed by atoms with Crippen LogP contribution >= 0.6 is 35.3 Å². The topological polar surface area (TPSA) is 256 Å². The fraction of sp³-hybridized carbons (Fsp3) is 0.0989. The highest BCUT2D eigenvalue weighted by Gasteiger charge is 2.27. The van der Waals surface area contributed by atoms with E-state index in [0.29, 0.717) is 51.6 Å². The lowest BCUT2D eigenvalue weighted by Gasteiger charge is -2.18. The number of aliphatic imine (C=N–C) groups is 2. The van der Waals surface area contributed by atoms with E-state index in [1.54, 1.807) is 89.0 Å². The SMILES string of the molecule is C.CNC(=O)c1ccccc1S(=O)c1ccc2c(c1)CN=C2/C=C/c1ccccn1.CNC(=O)c1ccccc1Sc1ccc2c(C(Cc3ccccn3)n3nc(/C=C\c4ccccn4)c4ccc(Sc5ccccc5C(=O)NC)cc43)[nH]nc2c1.CNC(=O)c1ccccc1Sc1ccc2c(c1)CN=C2/C=C\c1ccccn1. The minimum atomic E-state index is -1.46. The molecular formula is C91H78N14O5S4. The number of H-pyrrole nitrogens is 1. The molecule has 566 valence electrons. The monoisotopic (exact) mass is 1570 g/mol. The Kier molecular flexibility index (Phi) is 26.2. The second-order valence-corrected chi connectivity index (χ2v) is 30.3. The van der Waals surface area contributed by atoms with E-state index in [1.165, 1.54) is 29.1 Å². The molecule has 0 saturated heterocycles. The first-order valence-electron chi connectivity index (χ1n) is 36.1. The number of rotatable bonds is 22. The highest BCUT2D eigenvalue weighted by molar-refractivity contribution is 8.00. The van der Waals surface area contributed by atoms with Crippen molar-refractivity contribution in [3.05, 3.63) is 358 Å². The van der Waals surface area contributed by atoms with Gasteiger partial charge in [0.05, 0.1) is 102 Å². The molecule has 0 fully saturated rings. The number of nitrogens with one attached hydrogen (secondary N) is 5. The van der Waals surface area contributed by atoms with Gasteiger partial charge in [0.25, 0.3) is 23.6 Å². The van der Waals surface area contributed by atoms with Crippen LogP contribution in [-0.2, 0) is 30.3 Å². The van der Waals surface area contributed by atoms with Crippen molar-refractivity contribution in [3.63, 3.8) is 0 Å². The summed E-state index contributed by atoms with van der Waals surface area (Å²) in [6.45, 7) is 1.21. The molecule has 2 aliphatic rings. The maximum absolute atomic E-state index is 13.2. The van der Waals surface area contributed by atoms with Crippen LogP contribution in [0.2, 0.25) is 0 Å². The molecular weight excluding hydrogens is 1500 g/mol. The van der Waals surface area contributed by atoms with E-state index in [4.69, 9.17) is 15.2 Å². The minimum Gasteiger partial charge on any atom is -0.355 e.